The lowest BCUT2D eigenvalue weighted by Gasteiger charge is -2.42. The Morgan fingerprint density at radius 1 is 1.40 bits per heavy atom. The summed E-state index contributed by atoms with van der Waals surface area (Å²) in [5.74, 6) is 5.52. The highest BCUT2D eigenvalue weighted by Crippen LogP contribution is 2.31. The molecule has 0 spiro atoms. The lowest BCUT2D eigenvalue weighted by Crippen LogP contribution is -2.58. The zero-order chi connectivity index (χ0) is 14.4. The third-order valence-electron chi connectivity index (χ3n) is 3.99. The van der Waals surface area contributed by atoms with Crippen molar-refractivity contribution < 1.29 is 13.9 Å². The van der Waals surface area contributed by atoms with Gasteiger partial charge in [0.25, 0.3) is 0 Å². The lowest BCUT2D eigenvalue weighted by atomic mass is 9.83. The van der Waals surface area contributed by atoms with Gasteiger partial charge in [0, 0.05) is 32.7 Å². The summed E-state index contributed by atoms with van der Waals surface area (Å²) < 4.78 is 25.2. The number of nitrogens with one attached hydrogen (secondary N) is 1. The number of hydrazine groups is 1. The van der Waals surface area contributed by atoms with Crippen molar-refractivity contribution in [2.24, 2.45) is 5.84 Å². The van der Waals surface area contributed by atoms with Crippen molar-refractivity contribution in [3.63, 3.8) is 0 Å². The Kier molecular flexibility index (Phi) is 5.48. The summed E-state index contributed by atoms with van der Waals surface area (Å²) in [5.41, 5.74) is 3.09. The van der Waals surface area contributed by atoms with E-state index >= 15 is 0 Å². The van der Waals surface area contributed by atoms with E-state index in [-0.39, 0.29) is 17.5 Å². The fraction of sp³-hybridized carbons (Fsp3) is 0.600. The maximum atomic E-state index is 13.8. The van der Waals surface area contributed by atoms with Gasteiger partial charge >= 0.3 is 0 Å². The SMILES string of the molecule is CCOC1(C(Cc2ccccc2F)NN)CCOCC1. The lowest BCUT2D eigenvalue weighted by molar-refractivity contribution is -0.126. The Hall–Kier alpha value is -1.01. The summed E-state index contributed by atoms with van der Waals surface area (Å²) in [5, 5.41) is 0. The van der Waals surface area contributed by atoms with Gasteiger partial charge in [0.05, 0.1) is 11.6 Å². The van der Waals surface area contributed by atoms with Crippen molar-refractivity contribution in [3.8, 4) is 0 Å². The summed E-state index contributed by atoms with van der Waals surface area (Å²) in [6, 6.07) is 6.65. The quantitative estimate of drug-likeness (QED) is 0.617. The summed E-state index contributed by atoms with van der Waals surface area (Å²) in [7, 11) is 0. The number of hydrogen-bond acceptors (Lipinski definition) is 4. The summed E-state index contributed by atoms with van der Waals surface area (Å²) in [6.07, 6.45) is 2.04. The minimum absolute atomic E-state index is 0.136. The molecule has 2 rings (SSSR count). The third-order valence-corrected chi connectivity index (χ3v) is 3.99. The Morgan fingerprint density at radius 2 is 2.10 bits per heavy atom. The van der Waals surface area contributed by atoms with E-state index < -0.39 is 0 Å². The van der Waals surface area contributed by atoms with Gasteiger partial charge in [-0.05, 0) is 25.0 Å². The van der Waals surface area contributed by atoms with Crippen molar-refractivity contribution in [1.82, 2.24) is 5.43 Å². The molecule has 0 aliphatic carbocycles. The van der Waals surface area contributed by atoms with Gasteiger partial charge in [0.2, 0.25) is 0 Å². The zero-order valence-electron chi connectivity index (χ0n) is 11.9. The van der Waals surface area contributed by atoms with E-state index in [4.69, 9.17) is 15.3 Å². The molecule has 3 N–H and O–H groups in total. The molecule has 0 aromatic heterocycles. The average molecular weight is 282 g/mol. The van der Waals surface area contributed by atoms with Crippen LogP contribution in [-0.4, -0.2) is 31.5 Å². The van der Waals surface area contributed by atoms with Crippen LogP contribution < -0.4 is 11.3 Å². The first-order chi connectivity index (χ1) is 9.72. The molecule has 1 atom stereocenters. The fourth-order valence-corrected chi connectivity index (χ4v) is 2.88. The molecule has 4 nitrogen and oxygen atoms in total. The van der Waals surface area contributed by atoms with E-state index in [0.29, 0.717) is 31.8 Å². The van der Waals surface area contributed by atoms with Gasteiger partial charge in [0.15, 0.2) is 0 Å². The number of halogens is 1. The van der Waals surface area contributed by atoms with Crippen molar-refractivity contribution in [2.75, 3.05) is 19.8 Å². The molecule has 1 aromatic carbocycles. The van der Waals surface area contributed by atoms with Crippen molar-refractivity contribution in [3.05, 3.63) is 35.6 Å². The molecule has 0 radical (unpaired) electrons. The van der Waals surface area contributed by atoms with E-state index in [9.17, 15) is 4.39 Å². The Morgan fingerprint density at radius 3 is 2.70 bits per heavy atom. The number of hydrogen-bond donors (Lipinski definition) is 2. The molecule has 0 bridgehead atoms. The number of nitrogens with two attached hydrogens (primary N) is 1. The highest BCUT2D eigenvalue weighted by Gasteiger charge is 2.41. The first-order valence-corrected chi connectivity index (χ1v) is 7.13. The van der Waals surface area contributed by atoms with Crippen LogP contribution in [0.4, 0.5) is 4.39 Å². The second kappa shape index (κ2) is 7.13. The largest absolute Gasteiger partial charge is 0.381 e. The predicted molar refractivity (Wildman–Crippen MR) is 75.6 cm³/mol. The monoisotopic (exact) mass is 282 g/mol. The maximum absolute atomic E-state index is 13.8. The smallest absolute Gasteiger partial charge is 0.126 e. The molecule has 1 unspecified atom stereocenters. The van der Waals surface area contributed by atoms with Crippen LogP contribution in [0.15, 0.2) is 24.3 Å². The molecule has 0 saturated carbocycles. The molecule has 1 saturated heterocycles. The second-order valence-electron chi connectivity index (χ2n) is 5.12. The standard InChI is InChI=1S/C15H23FN2O2/c1-2-20-15(7-9-19-10-8-15)14(18-17)11-12-5-3-4-6-13(12)16/h3-6,14,18H,2,7-11,17H2,1H3. The molecule has 1 aliphatic rings. The van der Waals surface area contributed by atoms with Gasteiger partial charge in [-0.1, -0.05) is 18.2 Å². The average Bonchev–Trinajstić information content (AvgIpc) is 2.47. The maximum Gasteiger partial charge on any atom is 0.126 e. The van der Waals surface area contributed by atoms with E-state index in [0.717, 1.165) is 12.8 Å². The number of benzene rings is 1. The Bertz CT molecular complexity index is 417. The van der Waals surface area contributed by atoms with E-state index in [1.165, 1.54) is 6.07 Å². The van der Waals surface area contributed by atoms with Crippen LogP contribution in [0.25, 0.3) is 0 Å². The van der Waals surface area contributed by atoms with Crippen LogP contribution in [0.5, 0.6) is 0 Å². The first-order valence-electron chi connectivity index (χ1n) is 7.13. The van der Waals surface area contributed by atoms with Gasteiger partial charge in [-0.2, -0.15) is 0 Å². The molecule has 1 heterocycles. The molecule has 20 heavy (non-hydrogen) atoms. The van der Waals surface area contributed by atoms with Gasteiger partial charge < -0.3 is 9.47 Å². The number of rotatable bonds is 6. The minimum Gasteiger partial charge on any atom is -0.381 e. The van der Waals surface area contributed by atoms with Crippen molar-refractivity contribution in [2.45, 2.75) is 37.8 Å². The van der Waals surface area contributed by atoms with Gasteiger partial charge in [-0.3, -0.25) is 11.3 Å². The zero-order valence-corrected chi connectivity index (χ0v) is 11.9. The van der Waals surface area contributed by atoms with Gasteiger partial charge in [-0.25, -0.2) is 4.39 Å². The molecular formula is C15H23FN2O2. The molecule has 1 fully saturated rings. The van der Waals surface area contributed by atoms with Crippen LogP contribution in [0.2, 0.25) is 0 Å². The first kappa shape index (κ1) is 15.4. The summed E-state index contributed by atoms with van der Waals surface area (Å²) in [4.78, 5) is 0. The van der Waals surface area contributed by atoms with Crippen LogP contribution in [0.1, 0.15) is 25.3 Å². The Labute approximate surface area is 119 Å². The second-order valence-corrected chi connectivity index (χ2v) is 5.12. The minimum atomic E-state index is -0.385. The van der Waals surface area contributed by atoms with Crippen LogP contribution in [0, 0.1) is 5.82 Å². The summed E-state index contributed by atoms with van der Waals surface area (Å²) in [6.45, 7) is 3.87. The molecule has 1 aromatic rings. The highest BCUT2D eigenvalue weighted by molar-refractivity contribution is 5.19. The predicted octanol–water partition coefficient (Wildman–Crippen LogP) is 1.79. The third kappa shape index (κ3) is 3.35. The van der Waals surface area contributed by atoms with E-state index in [1.54, 1.807) is 12.1 Å². The molecule has 5 heteroatoms. The molecular weight excluding hydrogens is 259 g/mol. The molecule has 112 valence electrons. The summed E-state index contributed by atoms with van der Waals surface area (Å²) >= 11 is 0. The number of ether oxygens (including phenoxy) is 2. The van der Waals surface area contributed by atoms with Crippen LogP contribution in [0.3, 0.4) is 0 Å². The van der Waals surface area contributed by atoms with Gasteiger partial charge in [0.1, 0.15) is 5.82 Å². The molecule has 0 amide bonds. The normalized spacial score (nSPS) is 19.8. The van der Waals surface area contributed by atoms with Gasteiger partial charge in [-0.15, -0.1) is 0 Å². The van der Waals surface area contributed by atoms with E-state index in [2.05, 4.69) is 5.43 Å². The highest BCUT2D eigenvalue weighted by atomic mass is 19.1. The topological polar surface area (TPSA) is 56.5 Å². The van der Waals surface area contributed by atoms with Crippen molar-refractivity contribution >= 4 is 0 Å². The fourth-order valence-electron chi connectivity index (χ4n) is 2.88. The Balaban J connectivity index is 2.18. The van der Waals surface area contributed by atoms with Crippen LogP contribution in [-0.2, 0) is 15.9 Å². The van der Waals surface area contributed by atoms with Crippen LogP contribution >= 0.6 is 0 Å². The molecule has 1 aliphatic heterocycles. The van der Waals surface area contributed by atoms with E-state index in [1.807, 2.05) is 13.0 Å². The van der Waals surface area contributed by atoms with Crippen molar-refractivity contribution in [1.29, 1.82) is 0 Å².